The summed E-state index contributed by atoms with van der Waals surface area (Å²) >= 11 is 0. The lowest BCUT2D eigenvalue weighted by molar-refractivity contribution is 0.0911. The third-order valence-corrected chi connectivity index (χ3v) is 4.40. The first-order valence-electron chi connectivity index (χ1n) is 7.44. The highest BCUT2D eigenvalue weighted by Crippen LogP contribution is 2.38. The molecule has 1 aliphatic carbocycles. The molecule has 0 radical (unpaired) electrons. The molecule has 0 aromatic rings. The second-order valence-electron chi connectivity index (χ2n) is 6.61. The zero-order chi connectivity index (χ0) is 12.9. The molecule has 1 aliphatic rings. The topological polar surface area (TPSA) is 29.3 Å². The first-order valence-corrected chi connectivity index (χ1v) is 7.44. The second-order valence-corrected chi connectivity index (χ2v) is 6.61. The smallest absolute Gasteiger partial charge is 0.00501 e. The third kappa shape index (κ3) is 4.59. The second kappa shape index (κ2) is 6.75. The molecule has 0 aromatic carbocycles. The van der Waals surface area contributed by atoms with Crippen LogP contribution in [0.5, 0.6) is 0 Å². The van der Waals surface area contributed by atoms with E-state index in [9.17, 15) is 0 Å². The Morgan fingerprint density at radius 3 is 2.29 bits per heavy atom. The molecule has 2 nitrogen and oxygen atoms in total. The van der Waals surface area contributed by atoms with Crippen molar-refractivity contribution in [3.05, 3.63) is 0 Å². The summed E-state index contributed by atoms with van der Waals surface area (Å²) in [5.41, 5.74) is 6.50. The SMILES string of the molecule is CCN(CC(C)C)CC1(CN)CCC(C)CC1. The molecule has 2 heteroatoms. The lowest BCUT2D eigenvalue weighted by Gasteiger charge is -2.42. The van der Waals surface area contributed by atoms with Gasteiger partial charge in [-0.2, -0.15) is 0 Å². The van der Waals surface area contributed by atoms with Crippen molar-refractivity contribution in [3.63, 3.8) is 0 Å². The molecule has 102 valence electrons. The van der Waals surface area contributed by atoms with Gasteiger partial charge in [-0.25, -0.2) is 0 Å². The Morgan fingerprint density at radius 1 is 1.29 bits per heavy atom. The Morgan fingerprint density at radius 2 is 1.88 bits per heavy atom. The van der Waals surface area contributed by atoms with Crippen LogP contribution in [0.4, 0.5) is 0 Å². The predicted molar refractivity (Wildman–Crippen MR) is 76.1 cm³/mol. The summed E-state index contributed by atoms with van der Waals surface area (Å²) in [6, 6.07) is 0. The van der Waals surface area contributed by atoms with Crippen LogP contribution in [0.2, 0.25) is 0 Å². The van der Waals surface area contributed by atoms with E-state index in [1.54, 1.807) is 0 Å². The minimum atomic E-state index is 0.414. The van der Waals surface area contributed by atoms with Gasteiger partial charge in [0.2, 0.25) is 0 Å². The summed E-state index contributed by atoms with van der Waals surface area (Å²) in [5, 5.41) is 0. The largest absolute Gasteiger partial charge is 0.330 e. The van der Waals surface area contributed by atoms with E-state index in [1.165, 1.54) is 38.8 Å². The lowest BCUT2D eigenvalue weighted by Crippen LogP contribution is -2.45. The van der Waals surface area contributed by atoms with Gasteiger partial charge in [0.25, 0.3) is 0 Å². The van der Waals surface area contributed by atoms with Crippen molar-refractivity contribution in [3.8, 4) is 0 Å². The molecule has 1 saturated carbocycles. The molecule has 0 aliphatic heterocycles. The Bertz CT molecular complexity index is 205. The molecule has 0 aromatic heterocycles. The van der Waals surface area contributed by atoms with Gasteiger partial charge in [0.15, 0.2) is 0 Å². The van der Waals surface area contributed by atoms with Crippen molar-refractivity contribution < 1.29 is 0 Å². The van der Waals surface area contributed by atoms with Crippen LogP contribution in [0.25, 0.3) is 0 Å². The van der Waals surface area contributed by atoms with Gasteiger partial charge in [-0.1, -0.05) is 40.5 Å². The van der Waals surface area contributed by atoms with Crippen molar-refractivity contribution in [1.82, 2.24) is 4.90 Å². The fraction of sp³-hybridized carbons (Fsp3) is 1.00. The Labute approximate surface area is 108 Å². The molecule has 0 amide bonds. The van der Waals surface area contributed by atoms with Gasteiger partial charge in [0.05, 0.1) is 0 Å². The van der Waals surface area contributed by atoms with Gasteiger partial charge in [0.1, 0.15) is 0 Å². The first-order chi connectivity index (χ1) is 8.01. The van der Waals surface area contributed by atoms with Crippen LogP contribution in [0, 0.1) is 17.3 Å². The maximum Gasteiger partial charge on any atom is 0.00501 e. The summed E-state index contributed by atoms with van der Waals surface area (Å²) in [4.78, 5) is 2.60. The molecule has 0 atom stereocenters. The standard InChI is InChI=1S/C15H32N2/c1-5-17(10-13(2)3)12-15(11-16)8-6-14(4)7-9-15/h13-14H,5-12,16H2,1-4H3. The van der Waals surface area contributed by atoms with Crippen LogP contribution in [0.15, 0.2) is 0 Å². The number of nitrogens with zero attached hydrogens (tertiary/aromatic N) is 1. The molecule has 0 saturated heterocycles. The van der Waals surface area contributed by atoms with Crippen LogP contribution in [0.1, 0.15) is 53.4 Å². The van der Waals surface area contributed by atoms with Crippen molar-refractivity contribution >= 4 is 0 Å². The molecule has 0 heterocycles. The monoisotopic (exact) mass is 240 g/mol. The third-order valence-electron chi connectivity index (χ3n) is 4.40. The number of nitrogens with two attached hydrogens (primary N) is 1. The van der Waals surface area contributed by atoms with Gasteiger partial charge >= 0.3 is 0 Å². The van der Waals surface area contributed by atoms with Crippen molar-refractivity contribution in [1.29, 1.82) is 0 Å². The van der Waals surface area contributed by atoms with Crippen LogP contribution < -0.4 is 5.73 Å². The van der Waals surface area contributed by atoms with Crippen LogP contribution in [-0.2, 0) is 0 Å². The van der Waals surface area contributed by atoms with E-state index in [0.29, 0.717) is 5.41 Å². The zero-order valence-corrected chi connectivity index (χ0v) is 12.3. The average Bonchev–Trinajstić information content (AvgIpc) is 2.31. The maximum atomic E-state index is 6.09. The maximum absolute atomic E-state index is 6.09. The summed E-state index contributed by atoms with van der Waals surface area (Å²) in [7, 11) is 0. The van der Waals surface area contributed by atoms with E-state index in [2.05, 4.69) is 32.6 Å². The Hall–Kier alpha value is -0.0800. The Balaban J connectivity index is 2.54. The van der Waals surface area contributed by atoms with Crippen molar-refractivity contribution in [2.75, 3.05) is 26.2 Å². The predicted octanol–water partition coefficient (Wildman–Crippen LogP) is 3.12. The summed E-state index contributed by atoms with van der Waals surface area (Å²) in [6.45, 7) is 13.7. The lowest BCUT2D eigenvalue weighted by atomic mass is 9.70. The highest BCUT2D eigenvalue weighted by Gasteiger charge is 2.34. The Kier molecular flexibility index (Phi) is 5.94. The normalized spacial score (nSPS) is 30.2. The molecule has 0 spiro atoms. The molecule has 17 heavy (non-hydrogen) atoms. The zero-order valence-electron chi connectivity index (χ0n) is 12.3. The highest BCUT2D eigenvalue weighted by atomic mass is 15.1. The molecule has 0 bridgehead atoms. The minimum absolute atomic E-state index is 0.414. The fourth-order valence-corrected chi connectivity index (χ4v) is 3.10. The van der Waals surface area contributed by atoms with Crippen molar-refractivity contribution in [2.45, 2.75) is 53.4 Å². The van der Waals surface area contributed by atoms with Crippen molar-refractivity contribution in [2.24, 2.45) is 23.0 Å². The highest BCUT2D eigenvalue weighted by molar-refractivity contribution is 4.88. The summed E-state index contributed by atoms with van der Waals surface area (Å²) in [5.74, 6) is 1.67. The average molecular weight is 240 g/mol. The minimum Gasteiger partial charge on any atom is -0.330 e. The molecular formula is C15H32N2. The van der Waals surface area contributed by atoms with Gasteiger partial charge in [0, 0.05) is 13.1 Å². The van der Waals surface area contributed by atoms with E-state index in [0.717, 1.165) is 24.9 Å². The summed E-state index contributed by atoms with van der Waals surface area (Å²) in [6.07, 6.45) is 5.41. The van der Waals surface area contributed by atoms with Gasteiger partial charge in [-0.15, -0.1) is 0 Å². The fourth-order valence-electron chi connectivity index (χ4n) is 3.10. The molecule has 1 rings (SSSR count). The number of rotatable bonds is 6. The molecule has 0 unspecified atom stereocenters. The van der Waals surface area contributed by atoms with Crippen LogP contribution in [0.3, 0.4) is 0 Å². The van der Waals surface area contributed by atoms with E-state index >= 15 is 0 Å². The van der Waals surface area contributed by atoms with Gasteiger partial charge in [-0.05, 0) is 43.2 Å². The number of hydrogen-bond donors (Lipinski definition) is 1. The van der Waals surface area contributed by atoms with Gasteiger partial charge < -0.3 is 10.6 Å². The van der Waals surface area contributed by atoms with Gasteiger partial charge in [-0.3, -0.25) is 0 Å². The molecule has 1 fully saturated rings. The molecular weight excluding hydrogens is 208 g/mol. The van der Waals surface area contributed by atoms with Crippen LogP contribution >= 0.6 is 0 Å². The van der Waals surface area contributed by atoms with E-state index in [4.69, 9.17) is 5.73 Å². The first kappa shape index (κ1) is 15.0. The van der Waals surface area contributed by atoms with E-state index < -0.39 is 0 Å². The molecule has 2 N–H and O–H groups in total. The van der Waals surface area contributed by atoms with E-state index in [1.807, 2.05) is 0 Å². The summed E-state index contributed by atoms with van der Waals surface area (Å²) < 4.78 is 0. The quantitative estimate of drug-likeness (QED) is 0.773. The number of hydrogen-bond acceptors (Lipinski definition) is 2. The van der Waals surface area contributed by atoms with Crippen LogP contribution in [-0.4, -0.2) is 31.1 Å². The van der Waals surface area contributed by atoms with E-state index in [-0.39, 0.29) is 0 Å².